The number of ether oxygens (including phenoxy) is 3. The molecule has 2 N–H and O–H groups in total. The van der Waals surface area contributed by atoms with Gasteiger partial charge in [-0.1, -0.05) is 6.07 Å². The Morgan fingerprint density at radius 3 is 2.31 bits per heavy atom. The molecule has 0 saturated carbocycles. The minimum atomic E-state index is -0.863. The molecule has 0 atom stereocenters. The number of rotatable bonds is 6. The molecule has 0 aromatic heterocycles. The lowest BCUT2D eigenvalue weighted by Gasteiger charge is -2.09. The van der Waals surface area contributed by atoms with Gasteiger partial charge in [-0.15, -0.1) is 0 Å². The van der Waals surface area contributed by atoms with Crippen molar-refractivity contribution in [1.29, 1.82) is 0 Å². The average Bonchev–Trinajstić information content (AvgIpc) is 2.66. The maximum Gasteiger partial charge on any atom is 0.342 e. The van der Waals surface area contributed by atoms with Gasteiger partial charge in [-0.05, 0) is 36.4 Å². The van der Waals surface area contributed by atoms with Crippen LogP contribution in [0.2, 0.25) is 0 Å². The number of anilines is 1. The van der Waals surface area contributed by atoms with Crippen molar-refractivity contribution in [2.24, 2.45) is 0 Å². The third-order valence-electron chi connectivity index (χ3n) is 3.36. The topological polar surface area (TPSA) is 111 Å². The molecule has 0 aliphatic heterocycles. The van der Waals surface area contributed by atoms with Gasteiger partial charge in [0.25, 0.3) is 5.91 Å². The molecular formula is C18H17NO7. The Hall–Kier alpha value is -3.55. The molecule has 0 bridgehead atoms. The predicted octanol–water partition coefficient (Wildman–Crippen LogP) is 1.98. The normalized spacial score (nSPS) is 9.92. The van der Waals surface area contributed by atoms with Gasteiger partial charge in [-0.25, -0.2) is 9.59 Å². The molecule has 0 radical (unpaired) electrons. The van der Waals surface area contributed by atoms with Crippen LogP contribution in [0.4, 0.5) is 5.69 Å². The van der Waals surface area contributed by atoms with Crippen molar-refractivity contribution in [3.63, 3.8) is 0 Å². The second-order valence-corrected chi connectivity index (χ2v) is 5.05. The summed E-state index contributed by atoms with van der Waals surface area (Å²) < 4.78 is 14.4. The highest BCUT2D eigenvalue weighted by molar-refractivity contribution is 5.97. The molecule has 0 aliphatic rings. The van der Waals surface area contributed by atoms with Crippen LogP contribution in [0.25, 0.3) is 0 Å². The minimum Gasteiger partial charge on any atom is -0.504 e. The summed E-state index contributed by atoms with van der Waals surface area (Å²) in [6.07, 6.45) is 0. The number of methoxy groups -OCH3 is 2. The molecule has 136 valence electrons. The molecule has 0 saturated heterocycles. The molecule has 0 spiro atoms. The maximum absolute atomic E-state index is 12.0. The number of carbonyl (C=O) groups is 3. The second kappa shape index (κ2) is 8.52. The fraction of sp³-hybridized carbons (Fsp3) is 0.167. The molecular weight excluding hydrogens is 342 g/mol. The summed E-state index contributed by atoms with van der Waals surface area (Å²) in [5, 5.41) is 12.4. The molecule has 2 aromatic rings. The number of carbonyl (C=O) groups excluding carboxylic acids is 3. The van der Waals surface area contributed by atoms with Crippen LogP contribution in [0.3, 0.4) is 0 Å². The molecule has 0 heterocycles. The van der Waals surface area contributed by atoms with Gasteiger partial charge in [-0.2, -0.15) is 0 Å². The van der Waals surface area contributed by atoms with E-state index in [1.807, 2.05) is 0 Å². The number of para-hydroxylation sites is 1. The number of amides is 1. The Morgan fingerprint density at radius 1 is 1.00 bits per heavy atom. The Balaban J connectivity index is 1.92. The van der Waals surface area contributed by atoms with Crippen molar-refractivity contribution >= 4 is 23.5 Å². The van der Waals surface area contributed by atoms with Gasteiger partial charge in [0.1, 0.15) is 5.56 Å². The van der Waals surface area contributed by atoms with E-state index in [9.17, 15) is 19.5 Å². The van der Waals surface area contributed by atoms with Crippen LogP contribution in [-0.2, 0) is 14.3 Å². The van der Waals surface area contributed by atoms with E-state index in [0.717, 1.165) is 0 Å². The first-order valence-electron chi connectivity index (χ1n) is 7.47. The highest BCUT2D eigenvalue weighted by Gasteiger charge is 2.17. The zero-order valence-corrected chi connectivity index (χ0v) is 14.1. The monoisotopic (exact) mass is 359 g/mol. The third kappa shape index (κ3) is 4.50. The lowest BCUT2D eigenvalue weighted by Crippen LogP contribution is -2.21. The van der Waals surface area contributed by atoms with Gasteiger partial charge in [0, 0.05) is 5.69 Å². The number of phenolic OH excluding ortho intramolecular Hbond substituents is 1. The van der Waals surface area contributed by atoms with Crippen LogP contribution in [0.15, 0.2) is 42.5 Å². The highest BCUT2D eigenvalue weighted by Crippen LogP contribution is 2.29. The van der Waals surface area contributed by atoms with E-state index in [-0.39, 0.29) is 17.1 Å². The van der Waals surface area contributed by atoms with E-state index in [4.69, 9.17) is 9.47 Å². The standard InChI is InChI=1S/C18H17NO7/c1-24-14-5-3-4-13(16(14)21)18(23)26-10-15(20)19-12-8-6-11(7-9-12)17(22)25-2/h3-9,21H,10H2,1-2H3,(H,19,20). The zero-order chi connectivity index (χ0) is 19.1. The number of aromatic hydroxyl groups is 1. The number of hydrogen-bond acceptors (Lipinski definition) is 7. The van der Waals surface area contributed by atoms with Crippen molar-refractivity contribution in [3.05, 3.63) is 53.6 Å². The average molecular weight is 359 g/mol. The van der Waals surface area contributed by atoms with E-state index >= 15 is 0 Å². The fourth-order valence-electron chi connectivity index (χ4n) is 2.07. The Kier molecular flexibility index (Phi) is 6.15. The van der Waals surface area contributed by atoms with Crippen LogP contribution in [0, 0.1) is 0 Å². The highest BCUT2D eigenvalue weighted by atomic mass is 16.5. The Bertz CT molecular complexity index is 815. The number of nitrogens with one attached hydrogen (secondary N) is 1. The van der Waals surface area contributed by atoms with Crippen LogP contribution >= 0.6 is 0 Å². The molecule has 1 amide bonds. The van der Waals surface area contributed by atoms with Gasteiger partial charge < -0.3 is 24.6 Å². The van der Waals surface area contributed by atoms with Gasteiger partial charge in [0.05, 0.1) is 19.8 Å². The first-order chi connectivity index (χ1) is 12.5. The molecule has 26 heavy (non-hydrogen) atoms. The quantitative estimate of drug-likeness (QED) is 0.759. The van der Waals surface area contributed by atoms with Crippen molar-refractivity contribution in [2.75, 3.05) is 26.1 Å². The van der Waals surface area contributed by atoms with Crippen LogP contribution in [0.1, 0.15) is 20.7 Å². The number of hydrogen-bond donors (Lipinski definition) is 2. The van der Waals surface area contributed by atoms with Crippen molar-refractivity contribution in [3.8, 4) is 11.5 Å². The minimum absolute atomic E-state index is 0.111. The molecule has 2 rings (SSSR count). The summed E-state index contributed by atoms with van der Waals surface area (Å²) in [5.74, 6) is -2.17. The summed E-state index contributed by atoms with van der Waals surface area (Å²) in [4.78, 5) is 35.2. The third-order valence-corrected chi connectivity index (χ3v) is 3.36. The molecule has 8 nitrogen and oxygen atoms in total. The van der Waals surface area contributed by atoms with Gasteiger partial charge in [0.15, 0.2) is 18.1 Å². The molecule has 2 aromatic carbocycles. The molecule has 0 fully saturated rings. The zero-order valence-electron chi connectivity index (χ0n) is 14.1. The smallest absolute Gasteiger partial charge is 0.342 e. The summed E-state index contributed by atoms with van der Waals surface area (Å²) >= 11 is 0. The first-order valence-corrected chi connectivity index (χ1v) is 7.47. The molecule has 0 aliphatic carbocycles. The van der Waals surface area contributed by atoms with Gasteiger partial charge in [0.2, 0.25) is 0 Å². The van der Waals surface area contributed by atoms with Crippen molar-refractivity contribution in [1.82, 2.24) is 0 Å². The lowest BCUT2D eigenvalue weighted by atomic mass is 10.2. The van der Waals surface area contributed by atoms with Crippen molar-refractivity contribution < 1.29 is 33.7 Å². The largest absolute Gasteiger partial charge is 0.504 e. The van der Waals surface area contributed by atoms with Gasteiger partial charge in [-0.3, -0.25) is 4.79 Å². The predicted molar refractivity (Wildman–Crippen MR) is 91.4 cm³/mol. The van der Waals surface area contributed by atoms with E-state index in [0.29, 0.717) is 11.3 Å². The summed E-state index contributed by atoms with van der Waals surface area (Å²) in [6, 6.07) is 10.3. The van der Waals surface area contributed by atoms with Crippen LogP contribution in [-0.4, -0.2) is 43.8 Å². The first kappa shape index (κ1) is 18.8. The molecule has 8 heteroatoms. The summed E-state index contributed by atoms with van der Waals surface area (Å²) in [5.41, 5.74) is 0.646. The van der Waals surface area contributed by atoms with Crippen molar-refractivity contribution in [2.45, 2.75) is 0 Å². The van der Waals surface area contributed by atoms with E-state index in [2.05, 4.69) is 10.1 Å². The maximum atomic E-state index is 12.0. The number of benzene rings is 2. The second-order valence-electron chi connectivity index (χ2n) is 5.05. The van der Waals surface area contributed by atoms with E-state index < -0.39 is 24.5 Å². The van der Waals surface area contributed by atoms with Gasteiger partial charge >= 0.3 is 11.9 Å². The van der Waals surface area contributed by atoms with Crippen LogP contribution in [0.5, 0.6) is 11.5 Å². The summed E-state index contributed by atoms with van der Waals surface area (Å²) in [6.45, 7) is -0.547. The Labute approximate surface area is 149 Å². The Morgan fingerprint density at radius 2 is 1.69 bits per heavy atom. The summed E-state index contributed by atoms with van der Waals surface area (Å²) in [7, 11) is 2.62. The van der Waals surface area contributed by atoms with E-state index in [1.165, 1.54) is 56.7 Å². The van der Waals surface area contributed by atoms with Crippen LogP contribution < -0.4 is 10.1 Å². The fourth-order valence-corrected chi connectivity index (χ4v) is 2.07. The van der Waals surface area contributed by atoms with E-state index in [1.54, 1.807) is 0 Å². The number of esters is 2. The lowest BCUT2D eigenvalue weighted by molar-refractivity contribution is -0.119. The number of phenols is 1. The SMILES string of the molecule is COC(=O)c1ccc(NC(=O)COC(=O)c2cccc(OC)c2O)cc1. The molecule has 0 unspecified atom stereocenters.